The maximum absolute atomic E-state index is 14.2. The van der Waals surface area contributed by atoms with E-state index in [1.165, 1.54) is 6.92 Å². The molecule has 3 N–H and O–H groups in total. The summed E-state index contributed by atoms with van der Waals surface area (Å²) in [6.07, 6.45) is 2.98. The molecule has 3 aromatic carbocycles. The van der Waals surface area contributed by atoms with Crippen LogP contribution in [0, 0.1) is 11.6 Å². The summed E-state index contributed by atoms with van der Waals surface area (Å²) in [7, 11) is 0. The van der Waals surface area contributed by atoms with E-state index in [4.69, 9.17) is 0 Å². The number of rotatable bonds is 6. The highest BCUT2D eigenvalue weighted by Gasteiger charge is 2.39. The van der Waals surface area contributed by atoms with Gasteiger partial charge in [-0.15, -0.1) is 0 Å². The predicted molar refractivity (Wildman–Crippen MR) is 146 cm³/mol. The van der Waals surface area contributed by atoms with Crippen LogP contribution in [-0.2, 0) is 14.4 Å². The molecule has 3 amide bonds. The molecule has 0 saturated heterocycles. The number of halogens is 2. The molecule has 1 aliphatic heterocycles. The fourth-order valence-corrected chi connectivity index (χ4v) is 5.66. The topological polar surface area (TPSA) is 98.7 Å². The third-order valence-electron chi connectivity index (χ3n) is 7.64. The van der Waals surface area contributed by atoms with Crippen molar-refractivity contribution in [1.29, 1.82) is 0 Å². The number of nitrogens with one attached hydrogen (secondary N) is 2. The molecule has 3 aromatic rings. The molecule has 7 nitrogen and oxygen atoms in total. The van der Waals surface area contributed by atoms with Crippen LogP contribution < -0.4 is 15.5 Å². The lowest BCUT2D eigenvalue weighted by molar-refractivity contribution is -0.134. The third-order valence-corrected chi connectivity index (χ3v) is 7.64. The van der Waals surface area contributed by atoms with E-state index in [1.54, 1.807) is 0 Å². The fraction of sp³-hybridized carbons (Fsp3) is 0.323. The van der Waals surface area contributed by atoms with Gasteiger partial charge in [-0.05, 0) is 54.7 Å². The first-order valence-corrected chi connectivity index (χ1v) is 13.5. The van der Waals surface area contributed by atoms with Gasteiger partial charge in [0.25, 0.3) is 11.8 Å². The molecule has 1 aliphatic carbocycles. The van der Waals surface area contributed by atoms with Crippen LogP contribution in [0.1, 0.15) is 62.3 Å². The van der Waals surface area contributed by atoms with Gasteiger partial charge in [-0.1, -0.05) is 61.7 Å². The lowest BCUT2D eigenvalue weighted by Gasteiger charge is -2.36. The van der Waals surface area contributed by atoms with Gasteiger partial charge in [0, 0.05) is 17.7 Å². The van der Waals surface area contributed by atoms with E-state index in [0.717, 1.165) is 61.1 Å². The van der Waals surface area contributed by atoms with E-state index in [1.807, 2.05) is 53.4 Å². The number of carbonyl (C=O) groups excluding carboxylic acids is 3. The van der Waals surface area contributed by atoms with E-state index < -0.39 is 41.6 Å². The summed E-state index contributed by atoms with van der Waals surface area (Å²) >= 11 is 0. The number of benzene rings is 3. The first kappa shape index (κ1) is 27.5. The van der Waals surface area contributed by atoms with Gasteiger partial charge in [0.05, 0.1) is 5.69 Å². The zero-order valence-corrected chi connectivity index (χ0v) is 22.1. The normalized spacial score (nSPS) is 18.6. The van der Waals surface area contributed by atoms with Crippen molar-refractivity contribution in [2.24, 2.45) is 0 Å². The predicted octanol–water partition coefficient (Wildman–Crippen LogP) is 4.71. The molecule has 0 radical (unpaired) electrons. The lowest BCUT2D eigenvalue weighted by atomic mass is 9.93. The van der Waals surface area contributed by atoms with Crippen LogP contribution in [0.4, 0.5) is 14.5 Å². The Bertz CT molecular complexity index is 1420. The SMILES string of the molecule is CC(NC(=O)C(O)c1cc(F)cc(F)c1)C(=O)NC1C(=O)N(C2CCCCC2)c2ccccc2-c2ccccc21. The summed E-state index contributed by atoms with van der Waals surface area (Å²) in [5, 5.41) is 15.5. The highest BCUT2D eigenvalue weighted by atomic mass is 19.1. The molecule has 9 heteroatoms. The molecule has 1 saturated carbocycles. The summed E-state index contributed by atoms with van der Waals surface area (Å²) in [4.78, 5) is 42.0. The van der Waals surface area contributed by atoms with Gasteiger partial charge in [0.1, 0.15) is 23.7 Å². The Balaban J connectivity index is 1.41. The van der Waals surface area contributed by atoms with Crippen LogP contribution >= 0.6 is 0 Å². The highest BCUT2D eigenvalue weighted by molar-refractivity contribution is 6.07. The van der Waals surface area contributed by atoms with Crippen LogP contribution in [-0.4, -0.2) is 34.9 Å². The molecule has 5 rings (SSSR count). The largest absolute Gasteiger partial charge is 0.378 e. The highest BCUT2D eigenvalue weighted by Crippen LogP contribution is 2.42. The standard InChI is InChI=1S/C31H31F2N3O4/c1-18(34-30(39)28(37)19-15-20(32)17-21(33)16-19)29(38)35-27-25-13-6-5-11-23(25)24-12-7-8-14-26(24)36(31(27)40)22-9-3-2-4-10-22/h5-8,11-18,22,27-28,37H,2-4,9-10H2,1H3,(H,34,39)(H,35,38). The molecule has 0 bridgehead atoms. The van der Waals surface area contributed by atoms with Crippen molar-refractivity contribution >= 4 is 23.4 Å². The Hall–Kier alpha value is -4.11. The summed E-state index contributed by atoms with van der Waals surface area (Å²) < 4.78 is 27.2. The Morgan fingerprint density at radius 1 is 0.900 bits per heavy atom. The molecule has 2 aliphatic rings. The summed E-state index contributed by atoms with van der Waals surface area (Å²) in [5.74, 6) is -3.79. The first-order valence-electron chi connectivity index (χ1n) is 13.5. The summed E-state index contributed by atoms with van der Waals surface area (Å²) in [6.45, 7) is 1.41. The maximum Gasteiger partial charge on any atom is 0.254 e. The average molecular weight is 548 g/mol. The van der Waals surface area contributed by atoms with Crippen LogP contribution in [0.2, 0.25) is 0 Å². The number of amides is 3. The molecule has 208 valence electrons. The summed E-state index contributed by atoms with van der Waals surface area (Å²) in [5.41, 5.74) is 2.89. The average Bonchev–Trinajstić information content (AvgIpc) is 3.05. The van der Waals surface area contributed by atoms with Gasteiger partial charge in [-0.25, -0.2) is 8.78 Å². The van der Waals surface area contributed by atoms with Crippen molar-refractivity contribution in [3.63, 3.8) is 0 Å². The van der Waals surface area contributed by atoms with E-state index in [-0.39, 0.29) is 17.5 Å². The number of aliphatic hydroxyl groups excluding tert-OH is 1. The smallest absolute Gasteiger partial charge is 0.254 e. The van der Waals surface area contributed by atoms with Crippen LogP contribution in [0.15, 0.2) is 66.7 Å². The second-order valence-electron chi connectivity index (χ2n) is 10.4. The zero-order valence-electron chi connectivity index (χ0n) is 22.1. The number of fused-ring (bicyclic) bond motifs is 3. The lowest BCUT2D eigenvalue weighted by Crippen LogP contribution is -2.52. The Morgan fingerprint density at radius 3 is 2.23 bits per heavy atom. The third kappa shape index (κ3) is 5.47. The second-order valence-corrected chi connectivity index (χ2v) is 10.4. The van der Waals surface area contributed by atoms with Gasteiger partial charge in [-0.3, -0.25) is 14.4 Å². The Morgan fingerprint density at radius 2 is 1.52 bits per heavy atom. The second kappa shape index (κ2) is 11.6. The van der Waals surface area contributed by atoms with Crippen molar-refractivity contribution in [3.8, 4) is 11.1 Å². The minimum Gasteiger partial charge on any atom is -0.378 e. The first-order chi connectivity index (χ1) is 19.2. The monoisotopic (exact) mass is 547 g/mol. The van der Waals surface area contributed by atoms with E-state index >= 15 is 0 Å². The number of para-hydroxylation sites is 1. The number of aliphatic hydroxyl groups is 1. The maximum atomic E-state index is 14.2. The van der Waals surface area contributed by atoms with Crippen molar-refractivity contribution in [2.75, 3.05) is 4.90 Å². The number of nitrogens with zero attached hydrogens (tertiary/aromatic N) is 1. The minimum absolute atomic E-state index is 0.00458. The molecule has 3 atom stereocenters. The molecule has 40 heavy (non-hydrogen) atoms. The Kier molecular flexibility index (Phi) is 7.93. The van der Waals surface area contributed by atoms with Crippen molar-refractivity contribution in [3.05, 3.63) is 89.5 Å². The number of carbonyl (C=O) groups is 3. The number of hydrogen-bond donors (Lipinski definition) is 3. The summed E-state index contributed by atoms with van der Waals surface area (Å²) in [6, 6.07) is 15.3. The van der Waals surface area contributed by atoms with Gasteiger partial charge in [-0.2, -0.15) is 0 Å². The van der Waals surface area contributed by atoms with Crippen LogP contribution in [0.25, 0.3) is 11.1 Å². The van der Waals surface area contributed by atoms with E-state index in [2.05, 4.69) is 10.6 Å². The Labute approximate surface area is 231 Å². The van der Waals surface area contributed by atoms with Gasteiger partial charge in [0.2, 0.25) is 5.91 Å². The van der Waals surface area contributed by atoms with Crippen molar-refractivity contribution in [1.82, 2.24) is 10.6 Å². The molecule has 1 fully saturated rings. The van der Waals surface area contributed by atoms with Crippen molar-refractivity contribution in [2.45, 2.75) is 63.3 Å². The minimum atomic E-state index is -1.89. The van der Waals surface area contributed by atoms with Gasteiger partial charge in [0.15, 0.2) is 6.10 Å². The molecule has 1 heterocycles. The molecule has 3 unspecified atom stereocenters. The van der Waals surface area contributed by atoms with Gasteiger partial charge >= 0.3 is 0 Å². The molecular formula is C31H31F2N3O4. The zero-order chi connectivity index (χ0) is 28.4. The van der Waals surface area contributed by atoms with E-state index in [9.17, 15) is 28.3 Å². The van der Waals surface area contributed by atoms with Gasteiger partial charge < -0.3 is 20.6 Å². The number of hydrogen-bond acceptors (Lipinski definition) is 4. The quantitative estimate of drug-likeness (QED) is 0.417. The van der Waals surface area contributed by atoms with E-state index in [0.29, 0.717) is 11.6 Å². The fourth-order valence-electron chi connectivity index (χ4n) is 5.66. The van der Waals surface area contributed by atoms with Crippen molar-refractivity contribution < 1.29 is 28.3 Å². The molecule has 0 aromatic heterocycles. The van der Waals surface area contributed by atoms with Crippen LogP contribution in [0.3, 0.4) is 0 Å². The molecule has 0 spiro atoms. The molecular weight excluding hydrogens is 516 g/mol. The van der Waals surface area contributed by atoms with Crippen LogP contribution in [0.5, 0.6) is 0 Å². The number of anilines is 1.